The Balaban J connectivity index is 2.20. The molecular formula is C16H26FNO2. The summed E-state index contributed by atoms with van der Waals surface area (Å²) in [6.07, 6.45) is 1.78. The maximum Gasteiger partial charge on any atom is 0.157 e. The average Bonchev–Trinajstić information content (AvgIpc) is 2.41. The van der Waals surface area contributed by atoms with Crippen molar-refractivity contribution < 1.29 is 13.9 Å². The first-order valence-electron chi connectivity index (χ1n) is 7.36. The van der Waals surface area contributed by atoms with Crippen LogP contribution < -0.4 is 5.32 Å². The number of nitrogens with one attached hydrogen (secondary N) is 1. The van der Waals surface area contributed by atoms with Gasteiger partial charge in [0.05, 0.1) is 0 Å². The second kappa shape index (κ2) is 9.86. The minimum absolute atomic E-state index is 0.0978. The highest BCUT2D eigenvalue weighted by atomic mass is 19.1. The summed E-state index contributed by atoms with van der Waals surface area (Å²) in [6.45, 7) is 8.89. The molecule has 0 spiro atoms. The lowest BCUT2D eigenvalue weighted by atomic mass is 10.1. The van der Waals surface area contributed by atoms with Crippen molar-refractivity contribution in [3.8, 4) is 0 Å². The van der Waals surface area contributed by atoms with Gasteiger partial charge in [-0.15, -0.1) is 0 Å². The molecule has 0 aliphatic heterocycles. The highest BCUT2D eigenvalue weighted by molar-refractivity contribution is 5.26. The van der Waals surface area contributed by atoms with Crippen LogP contribution in [0.3, 0.4) is 0 Å². The number of hydrogen-bond acceptors (Lipinski definition) is 3. The summed E-state index contributed by atoms with van der Waals surface area (Å²) in [7, 11) is 0. The molecule has 0 atom stereocenters. The average molecular weight is 283 g/mol. The van der Waals surface area contributed by atoms with E-state index in [1.807, 2.05) is 26.8 Å². The molecule has 3 nitrogen and oxygen atoms in total. The normalized spacial score (nSPS) is 11.2. The van der Waals surface area contributed by atoms with Gasteiger partial charge in [0.15, 0.2) is 6.29 Å². The third-order valence-electron chi connectivity index (χ3n) is 3.12. The summed E-state index contributed by atoms with van der Waals surface area (Å²) in [5.74, 6) is -0.178. The quantitative estimate of drug-likeness (QED) is 0.527. The second-order valence-corrected chi connectivity index (χ2v) is 4.73. The van der Waals surface area contributed by atoms with Crippen molar-refractivity contribution in [2.75, 3.05) is 19.8 Å². The molecule has 0 aromatic heterocycles. The second-order valence-electron chi connectivity index (χ2n) is 4.73. The Kier molecular flexibility index (Phi) is 8.42. The van der Waals surface area contributed by atoms with Gasteiger partial charge in [0, 0.05) is 19.8 Å². The predicted molar refractivity (Wildman–Crippen MR) is 79.1 cm³/mol. The first kappa shape index (κ1) is 17.1. The number of hydrogen-bond donors (Lipinski definition) is 1. The molecule has 0 radical (unpaired) electrons. The van der Waals surface area contributed by atoms with E-state index in [1.165, 1.54) is 6.07 Å². The molecule has 0 amide bonds. The van der Waals surface area contributed by atoms with Crippen LogP contribution in [0.25, 0.3) is 0 Å². The molecule has 0 aliphatic rings. The Morgan fingerprint density at radius 2 is 1.90 bits per heavy atom. The lowest BCUT2D eigenvalue weighted by Crippen LogP contribution is -2.21. The zero-order valence-electron chi connectivity index (χ0n) is 12.7. The number of benzene rings is 1. The van der Waals surface area contributed by atoms with Gasteiger partial charge in [-0.25, -0.2) is 4.39 Å². The van der Waals surface area contributed by atoms with E-state index in [-0.39, 0.29) is 12.1 Å². The van der Waals surface area contributed by atoms with E-state index in [0.29, 0.717) is 13.2 Å². The van der Waals surface area contributed by atoms with E-state index in [4.69, 9.17) is 9.47 Å². The summed E-state index contributed by atoms with van der Waals surface area (Å²) < 4.78 is 24.0. The van der Waals surface area contributed by atoms with Crippen LogP contribution in [0.15, 0.2) is 18.2 Å². The Labute approximate surface area is 121 Å². The summed E-state index contributed by atoms with van der Waals surface area (Å²) in [4.78, 5) is 0. The molecule has 1 rings (SSSR count). The molecule has 0 aliphatic carbocycles. The Morgan fingerprint density at radius 3 is 2.50 bits per heavy atom. The van der Waals surface area contributed by atoms with Gasteiger partial charge in [-0.1, -0.05) is 6.07 Å². The van der Waals surface area contributed by atoms with Crippen molar-refractivity contribution in [2.45, 2.75) is 46.4 Å². The molecule has 1 aromatic carbocycles. The Hall–Kier alpha value is -0.970. The maximum atomic E-state index is 13.0. The molecule has 0 fully saturated rings. The van der Waals surface area contributed by atoms with Gasteiger partial charge < -0.3 is 14.8 Å². The van der Waals surface area contributed by atoms with Crippen molar-refractivity contribution >= 4 is 0 Å². The first-order valence-corrected chi connectivity index (χ1v) is 7.36. The zero-order chi connectivity index (χ0) is 14.8. The largest absolute Gasteiger partial charge is 0.353 e. The van der Waals surface area contributed by atoms with Crippen molar-refractivity contribution in [3.05, 3.63) is 35.1 Å². The van der Waals surface area contributed by atoms with Gasteiger partial charge in [0.1, 0.15) is 5.82 Å². The molecule has 0 bridgehead atoms. The van der Waals surface area contributed by atoms with Crippen LogP contribution >= 0.6 is 0 Å². The maximum absolute atomic E-state index is 13.0. The SMILES string of the molecule is CCOC(CCCNCc1ccc(F)cc1C)OCC. The van der Waals surface area contributed by atoms with E-state index >= 15 is 0 Å². The van der Waals surface area contributed by atoms with Crippen LogP contribution in [0, 0.1) is 12.7 Å². The minimum Gasteiger partial charge on any atom is -0.353 e. The monoisotopic (exact) mass is 283 g/mol. The minimum atomic E-state index is -0.178. The van der Waals surface area contributed by atoms with E-state index in [0.717, 1.165) is 37.1 Å². The van der Waals surface area contributed by atoms with E-state index in [9.17, 15) is 4.39 Å². The molecule has 0 saturated carbocycles. The predicted octanol–water partition coefficient (Wildman–Crippen LogP) is 3.40. The lowest BCUT2D eigenvalue weighted by molar-refractivity contribution is -0.139. The van der Waals surface area contributed by atoms with Crippen LogP contribution in [0.5, 0.6) is 0 Å². The van der Waals surface area contributed by atoms with Crippen molar-refractivity contribution in [2.24, 2.45) is 0 Å². The number of rotatable bonds is 10. The third-order valence-corrected chi connectivity index (χ3v) is 3.12. The summed E-state index contributed by atoms with van der Waals surface area (Å²) >= 11 is 0. The fourth-order valence-corrected chi connectivity index (χ4v) is 2.06. The molecule has 20 heavy (non-hydrogen) atoms. The van der Waals surface area contributed by atoms with E-state index < -0.39 is 0 Å². The van der Waals surface area contributed by atoms with Gasteiger partial charge in [-0.2, -0.15) is 0 Å². The molecule has 0 heterocycles. The standard InChI is InChI=1S/C16H26FNO2/c1-4-19-16(20-5-2)7-6-10-18-12-14-8-9-15(17)11-13(14)3/h8-9,11,16,18H,4-7,10,12H2,1-3H3. The fourth-order valence-electron chi connectivity index (χ4n) is 2.06. The molecule has 1 aromatic rings. The van der Waals surface area contributed by atoms with E-state index in [1.54, 1.807) is 6.07 Å². The lowest BCUT2D eigenvalue weighted by Gasteiger charge is -2.16. The topological polar surface area (TPSA) is 30.5 Å². The zero-order valence-corrected chi connectivity index (χ0v) is 12.7. The van der Waals surface area contributed by atoms with Crippen molar-refractivity contribution in [1.29, 1.82) is 0 Å². The van der Waals surface area contributed by atoms with Gasteiger partial charge in [-0.3, -0.25) is 0 Å². The molecule has 4 heteroatoms. The van der Waals surface area contributed by atoms with Crippen LogP contribution in [0.4, 0.5) is 4.39 Å². The van der Waals surface area contributed by atoms with Gasteiger partial charge in [0.2, 0.25) is 0 Å². The molecular weight excluding hydrogens is 257 g/mol. The number of halogens is 1. The van der Waals surface area contributed by atoms with Gasteiger partial charge in [-0.05, 0) is 63.4 Å². The van der Waals surface area contributed by atoms with Gasteiger partial charge >= 0.3 is 0 Å². The first-order chi connectivity index (χ1) is 9.67. The molecule has 0 saturated heterocycles. The highest BCUT2D eigenvalue weighted by Gasteiger charge is 2.07. The van der Waals surface area contributed by atoms with E-state index in [2.05, 4.69) is 5.32 Å². The summed E-state index contributed by atoms with van der Waals surface area (Å²) in [6, 6.07) is 4.91. The highest BCUT2D eigenvalue weighted by Crippen LogP contribution is 2.10. The number of aryl methyl sites for hydroxylation is 1. The van der Waals surface area contributed by atoms with Crippen LogP contribution in [-0.4, -0.2) is 26.0 Å². The molecule has 0 unspecified atom stereocenters. The van der Waals surface area contributed by atoms with Gasteiger partial charge in [0.25, 0.3) is 0 Å². The molecule has 1 N–H and O–H groups in total. The molecule has 114 valence electrons. The smallest absolute Gasteiger partial charge is 0.157 e. The fraction of sp³-hybridized carbons (Fsp3) is 0.625. The Bertz CT molecular complexity index is 379. The van der Waals surface area contributed by atoms with Crippen LogP contribution in [0.1, 0.15) is 37.8 Å². The van der Waals surface area contributed by atoms with Crippen molar-refractivity contribution in [3.63, 3.8) is 0 Å². The summed E-state index contributed by atoms with van der Waals surface area (Å²) in [5, 5.41) is 3.37. The Morgan fingerprint density at radius 1 is 1.20 bits per heavy atom. The van der Waals surface area contributed by atoms with Crippen molar-refractivity contribution in [1.82, 2.24) is 5.32 Å². The number of ether oxygens (including phenoxy) is 2. The summed E-state index contributed by atoms with van der Waals surface area (Å²) in [5.41, 5.74) is 2.12. The van der Waals surface area contributed by atoms with Crippen LogP contribution in [0.2, 0.25) is 0 Å². The van der Waals surface area contributed by atoms with Crippen LogP contribution in [-0.2, 0) is 16.0 Å². The third kappa shape index (κ3) is 6.46.